The molecule has 0 aliphatic heterocycles. The zero-order chi connectivity index (χ0) is 15.7. The van der Waals surface area contributed by atoms with Crippen LogP contribution in [-0.4, -0.2) is 29.7 Å². The first-order chi connectivity index (χ1) is 10.1. The minimum Gasteiger partial charge on any atom is -0.380 e. The van der Waals surface area contributed by atoms with Gasteiger partial charge in [-0.3, -0.25) is 0 Å². The van der Waals surface area contributed by atoms with Crippen LogP contribution in [0.25, 0.3) is 0 Å². The number of unbranched alkanes of at least 4 members (excludes halogenated alkanes) is 1. The predicted octanol–water partition coefficient (Wildman–Crippen LogP) is 2.70. The van der Waals surface area contributed by atoms with Crippen LogP contribution < -0.4 is 0 Å². The number of hydrogen-bond donors (Lipinski definition) is 0. The van der Waals surface area contributed by atoms with Crippen molar-refractivity contribution in [2.75, 3.05) is 13.2 Å². The summed E-state index contributed by atoms with van der Waals surface area (Å²) in [7, 11) is 0.525. The summed E-state index contributed by atoms with van der Waals surface area (Å²) in [5, 5.41) is 0. The van der Waals surface area contributed by atoms with Gasteiger partial charge in [-0.1, -0.05) is 6.07 Å². The Morgan fingerprint density at radius 1 is 1.05 bits per heavy atom. The lowest BCUT2D eigenvalue weighted by Crippen LogP contribution is -2.38. The Bertz CT molecular complexity index is 423. The maximum Gasteiger partial charge on any atom is 0.272 e. The third-order valence-corrected chi connectivity index (χ3v) is 3.84. The molecule has 0 aliphatic rings. The summed E-state index contributed by atoms with van der Waals surface area (Å²) in [5.41, 5.74) is 0.791. The molecule has 1 rings (SSSR count). The highest BCUT2D eigenvalue weighted by Gasteiger charge is 2.29. The van der Waals surface area contributed by atoms with Crippen molar-refractivity contribution in [1.29, 1.82) is 0 Å². The first-order valence-corrected chi connectivity index (χ1v) is 8.15. The Balaban J connectivity index is 2.44. The van der Waals surface area contributed by atoms with Crippen LogP contribution in [0, 0.1) is 11.6 Å². The van der Waals surface area contributed by atoms with E-state index in [-0.39, 0.29) is 0 Å². The monoisotopic (exact) mass is 318 g/mol. The van der Waals surface area contributed by atoms with E-state index in [1.807, 2.05) is 13.8 Å². The van der Waals surface area contributed by atoms with Crippen LogP contribution in [0.2, 0.25) is 0 Å². The second-order valence-electron chi connectivity index (χ2n) is 4.71. The van der Waals surface area contributed by atoms with Crippen LogP contribution in [0.1, 0.15) is 38.7 Å². The highest BCUT2D eigenvalue weighted by Crippen LogP contribution is 2.22. The number of halogens is 2. The first kappa shape index (κ1) is 18.2. The average molecular weight is 318 g/mol. The van der Waals surface area contributed by atoms with Crippen LogP contribution in [-0.2, 0) is 20.3 Å². The number of aryl methyl sites for hydroxylation is 1. The van der Waals surface area contributed by atoms with Crippen molar-refractivity contribution in [2.45, 2.75) is 45.5 Å². The van der Waals surface area contributed by atoms with Crippen LogP contribution in [0.3, 0.4) is 0 Å². The van der Waals surface area contributed by atoms with Gasteiger partial charge in [0.1, 0.15) is 0 Å². The van der Waals surface area contributed by atoms with Crippen molar-refractivity contribution in [3.05, 3.63) is 35.4 Å². The maximum absolute atomic E-state index is 13.1. The molecule has 1 aromatic carbocycles. The summed E-state index contributed by atoms with van der Waals surface area (Å²) in [6.45, 7) is 4.84. The molecule has 6 heteroatoms. The number of hydrogen-bond acceptors (Lipinski definition) is 3. The normalized spacial score (nSPS) is 12.0. The molecule has 0 unspecified atom stereocenters. The van der Waals surface area contributed by atoms with Crippen molar-refractivity contribution in [3.63, 3.8) is 0 Å². The largest absolute Gasteiger partial charge is 0.380 e. The highest BCUT2D eigenvalue weighted by atomic mass is 28.2. The number of benzene rings is 1. The van der Waals surface area contributed by atoms with E-state index in [2.05, 4.69) is 0 Å². The maximum atomic E-state index is 13.1. The summed E-state index contributed by atoms with van der Waals surface area (Å²) in [5.74, 6) is -2.55. The molecule has 1 aromatic rings. The fraction of sp³-hybridized carbons (Fsp3) is 0.600. The smallest absolute Gasteiger partial charge is 0.272 e. The molecule has 0 radical (unpaired) electrons. The molecule has 0 heterocycles. The van der Waals surface area contributed by atoms with E-state index in [0.717, 1.165) is 24.5 Å². The topological polar surface area (TPSA) is 27.7 Å². The summed E-state index contributed by atoms with van der Waals surface area (Å²) in [4.78, 5) is 0. The Hall–Kier alpha value is -0.823. The van der Waals surface area contributed by atoms with Crippen LogP contribution in [0.4, 0.5) is 8.78 Å². The zero-order valence-electron chi connectivity index (χ0n) is 13.0. The molecule has 3 nitrogen and oxygen atoms in total. The molecule has 0 aromatic heterocycles. The van der Waals surface area contributed by atoms with Gasteiger partial charge in [0, 0.05) is 19.6 Å². The van der Waals surface area contributed by atoms with Gasteiger partial charge in [0.05, 0.1) is 0 Å². The molecule has 0 amide bonds. The van der Waals surface area contributed by atoms with Gasteiger partial charge < -0.3 is 13.9 Å². The van der Waals surface area contributed by atoms with Gasteiger partial charge in [0.2, 0.25) is 0 Å². The minimum absolute atomic E-state index is 0.519. The van der Waals surface area contributed by atoms with Crippen LogP contribution in [0.5, 0.6) is 0 Å². The van der Waals surface area contributed by atoms with Gasteiger partial charge in [-0.05, 0) is 50.8 Å². The van der Waals surface area contributed by atoms with Gasteiger partial charge in [-0.25, -0.2) is 8.78 Å². The molecule has 0 aliphatic carbocycles. The molecule has 21 heavy (non-hydrogen) atoms. The SMILES string of the molecule is CCOC(CCCCc1ccc(F)c(F)c1)(O[SiH3])OCC. The van der Waals surface area contributed by atoms with Gasteiger partial charge in [-0.15, -0.1) is 0 Å². The number of ether oxygens (including phenoxy) is 2. The molecule has 120 valence electrons. The molecule has 0 spiro atoms. The van der Waals surface area contributed by atoms with E-state index in [1.54, 1.807) is 6.07 Å². The fourth-order valence-corrected chi connectivity index (χ4v) is 2.65. The van der Waals surface area contributed by atoms with Crippen LogP contribution >= 0.6 is 0 Å². The van der Waals surface area contributed by atoms with Crippen molar-refractivity contribution < 1.29 is 22.7 Å². The summed E-state index contributed by atoms with van der Waals surface area (Å²) >= 11 is 0. The van der Waals surface area contributed by atoms with Crippen molar-refractivity contribution in [1.82, 2.24) is 0 Å². The van der Waals surface area contributed by atoms with E-state index in [1.165, 1.54) is 6.07 Å². The van der Waals surface area contributed by atoms with Crippen LogP contribution in [0.15, 0.2) is 18.2 Å². The second kappa shape index (κ2) is 9.25. The number of rotatable bonds is 10. The molecular weight excluding hydrogens is 294 g/mol. The molecule has 0 fully saturated rings. The first-order valence-electron chi connectivity index (χ1n) is 7.34. The van der Waals surface area contributed by atoms with Gasteiger partial charge in [0.25, 0.3) is 5.97 Å². The van der Waals surface area contributed by atoms with Crippen molar-refractivity contribution in [2.24, 2.45) is 0 Å². The summed E-state index contributed by atoms with van der Waals surface area (Å²) in [6, 6.07) is 4.02. The Labute approximate surface area is 128 Å². The second-order valence-corrected chi connectivity index (χ2v) is 5.12. The third-order valence-electron chi connectivity index (χ3n) is 3.22. The third kappa shape index (κ3) is 5.82. The lowest BCUT2D eigenvalue weighted by molar-refractivity contribution is -0.344. The van der Waals surface area contributed by atoms with E-state index >= 15 is 0 Å². The predicted molar refractivity (Wildman–Crippen MR) is 80.9 cm³/mol. The molecular formula is C15H24F2O3Si. The van der Waals surface area contributed by atoms with Crippen molar-refractivity contribution >= 4 is 10.5 Å². The average Bonchev–Trinajstić information content (AvgIpc) is 2.47. The molecule has 0 saturated heterocycles. The van der Waals surface area contributed by atoms with E-state index < -0.39 is 17.6 Å². The van der Waals surface area contributed by atoms with Crippen molar-refractivity contribution in [3.8, 4) is 0 Å². The Morgan fingerprint density at radius 3 is 2.24 bits per heavy atom. The van der Waals surface area contributed by atoms with E-state index in [0.29, 0.717) is 36.5 Å². The van der Waals surface area contributed by atoms with Gasteiger partial charge in [-0.2, -0.15) is 0 Å². The Morgan fingerprint density at radius 2 is 1.71 bits per heavy atom. The standard InChI is InChI=1S/C15H24F2O3Si/c1-3-18-15(20-21,19-4-2)10-6-5-7-12-8-9-13(16)14(17)11-12/h8-9,11H,3-7,10H2,1-2,21H3. The summed E-state index contributed by atoms with van der Waals surface area (Å²) in [6.07, 6.45) is 2.97. The lowest BCUT2D eigenvalue weighted by Gasteiger charge is -2.31. The molecule has 0 N–H and O–H groups in total. The molecule has 0 bridgehead atoms. The van der Waals surface area contributed by atoms with E-state index in [9.17, 15) is 8.78 Å². The summed E-state index contributed by atoms with van der Waals surface area (Å²) < 4.78 is 42.6. The lowest BCUT2D eigenvalue weighted by atomic mass is 10.1. The molecule has 0 saturated carbocycles. The quantitative estimate of drug-likeness (QED) is 0.377. The fourth-order valence-electron chi connectivity index (χ4n) is 2.21. The Kier molecular flexibility index (Phi) is 8.03. The van der Waals surface area contributed by atoms with Gasteiger partial charge in [0.15, 0.2) is 22.1 Å². The highest BCUT2D eigenvalue weighted by molar-refractivity contribution is 5.98. The zero-order valence-corrected chi connectivity index (χ0v) is 15.0. The molecule has 0 atom stereocenters. The van der Waals surface area contributed by atoms with Gasteiger partial charge >= 0.3 is 0 Å². The van der Waals surface area contributed by atoms with E-state index in [4.69, 9.17) is 13.9 Å². The minimum atomic E-state index is -0.941.